The summed E-state index contributed by atoms with van der Waals surface area (Å²) in [6.45, 7) is 2.76. The summed E-state index contributed by atoms with van der Waals surface area (Å²) in [7, 11) is 1.60. The van der Waals surface area contributed by atoms with Gasteiger partial charge in [0.25, 0.3) is 0 Å². The zero-order chi connectivity index (χ0) is 12.0. The van der Waals surface area contributed by atoms with E-state index in [1.807, 2.05) is 25.1 Å². The van der Waals surface area contributed by atoms with Gasteiger partial charge in [0, 0.05) is 6.54 Å². The molecule has 0 bridgehead atoms. The lowest BCUT2D eigenvalue weighted by atomic mass is 10.1. The Labute approximate surface area is 96.0 Å². The molecule has 0 aromatic heterocycles. The molecule has 0 fully saturated rings. The average Bonchev–Trinajstić information content (AvgIpc) is 2.30. The molecule has 0 aliphatic carbocycles. The molecule has 0 heterocycles. The summed E-state index contributed by atoms with van der Waals surface area (Å²) in [4.78, 5) is 0. The van der Waals surface area contributed by atoms with Gasteiger partial charge in [0.15, 0.2) is 11.5 Å². The van der Waals surface area contributed by atoms with E-state index in [1.54, 1.807) is 7.11 Å². The highest BCUT2D eigenvalue weighted by Crippen LogP contribution is 2.28. The second-order valence-electron chi connectivity index (χ2n) is 3.51. The number of rotatable bonds is 6. The van der Waals surface area contributed by atoms with Crippen LogP contribution in [0.1, 0.15) is 12.5 Å². The molecule has 4 nitrogen and oxygen atoms in total. The average molecular weight is 225 g/mol. The molecule has 1 unspecified atom stereocenters. The molecule has 1 aromatic carbocycles. The number of nitrogens with two attached hydrogens (primary N) is 1. The van der Waals surface area contributed by atoms with E-state index in [-0.39, 0.29) is 6.54 Å². The SMILES string of the molecule is CCOc1cc(CC(O)CN)ccc1OC. The zero-order valence-electron chi connectivity index (χ0n) is 9.77. The first-order valence-electron chi connectivity index (χ1n) is 5.39. The number of benzene rings is 1. The van der Waals surface area contributed by atoms with Gasteiger partial charge in [-0.25, -0.2) is 0 Å². The Morgan fingerprint density at radius 3 is 2.69 bits per heavy atom. The van der Waals surface area contributed by atoms with Gasteiger partial charge in [-0.05, 0) is 31.0 Å². The highest BCUT2D eigenvalue weighted by atomic mass is 16.5. The minimum atomic E-state index is -0.511. The van der Waals surface area contributed by atoms with E-state index in [2.05, 4.69) is 0 Å². The van der Waals surface area contributed by atoms with E-state index in [1.165, 1.54) is 0 Å². The summed E-state index contributed by atoms with van der Waals surface area (Å²) in [5, 5.41) is 9.46. The molecule has 0 radical (unpaired) electrons. The van der Waals surface area contributed by atoms with Crippen LogP contribution in [0.5, 0.6) is 11.5 Å². The third-order valence-electron chi connectivity index (χ3n) is 2.27. The Balaban J connectivity index is 2.84. The normalized spacial score (nSPS) is 12.2. The van der Waals surface area contributed by atoms with Gasteiger partial charge in [0.1, 0.15) is 0 Å². The monoisotopic (exact) mass is 225 g/mol. The summed E-state index contributed by atoms with van der Waals surface area (Å²) < 4.78 is 10.6. The van der Waals surface area contributed by atoms with Gasteiger partial charge in [0.2, 0.25) is 0 Å². The van der Waals surface area contributed by atoms with Crippen molar-refractivity contribution in [1.82, 2.24) is 0 Å². The fourth-order valence-electron chi connectivity index (χ4n) is 1.47. The number of hydrogen-bond acceptors (Lipinski definition) is 4. The van der Waals surface area contributed by atoms with Gasteiger partial charge in [-0.2, -0.15) is 0 Å². The first-order chi connectivity index (χ1) is 7.71. The standard InChI is InChI=1S/C12H19NO3/c1-3-16-12-7-9(6-10(14)8-13)4-5-11(12)15-2/h4-5,7,10,14H,3,6,8,13H2,1-2H3. The molecule has 3 N–H and O–H groups in total. The van der Waals surface area contributed by atoms with Crippen LogP contribution in [0.2, 0.25) is 0 Å². The minimum absolute atomic E-state index is 0.260. The molecule has 0 amide bonds. The Kier molecular flexibility index (Phi) is 5.08. The highest BCUT2D eigenvalue weighted by Gasteiger charge is 2.08. The Bertz CT molecular complexity index is 328. The second-order valence-corrected chi connectivity index (χ2v) is 3.51. The lowest BCUT2D eigenvalue weighted by Crippen LogP contribution is -2.21. The maximum absolute atomic E-state index is 9.46. The molecule has 16 heavy (non-hydrogen) atoms. The minimum Gasteiger partial charge on any atom is -0.493 e. The number of aliphatic hydroxyl groups is 1. The Morgan fingerprint density at radius 2 is 2.12 bits per heavy atom. The molecule has 0 saturated carbocycles. The lowest BCUT2D eigenvalue weighted by molar-refractivity contribution is 0.183. The molecule has 1 atom stereocenters. The first kappa shape index (κ1) is 12.8. The van der Waals surface area contributed by atoms with Gasteiger partial charge in [-0.1, -0.05) is 6.07 Å². The van der Waals surface area contributed by atoms with E-state index >= 15 is 0 Å². The van der Waals surface area contributed by atoms with Crippen LogP contribution >= 0.6 is 0 Å². The number of hydrogen-bond donors (Lipinski definition) is 2. The van der Waals surface area contributed by atoms with E-state index in [9.17, 15) is 5.11 Å². The van der Waals surface area contributed by atoms with Crippen LogP contribution in [0.15, 0.2) is 18.2 Å². The number of methoxy groups -OCH3 is 1. The first-order valence-corrected chi connectivity index (χ1v) is 5.39. The predicted molar refractivity (Wildman–Crippen MR) is 62.9 cm³/mol. The van der Waals surface area contributed by atoms with E-state index in [0.717, 1.165) is 5.56 Å². The van der Waals surface area contributed by atoms with Gasteiger partial charge in [-0.3, -0.25) is 0 Å². The summed E-state index contributed by atoms with van der Waals surface area (Å²) in [6, 6.07) is 5.62. The van der Waals surface area contributed by atoms with Crippen LogP contribution < -0.4 is 15.2 Å². The molecule has 0 saturated heterocycles. The van der Waals surface area contributed by atoms with Crippen LogP contribution in [-0.2, 0) is 6.42 Å². The summed E-state index contributed by atoms with van der Waals surface area (Å²) in [5.41, 5.74) is 6.35. The molecular weight excluding hydrogens is 206 g/mol. The Morgan fingerprint density at radius 1 is 1.38 bits per heavy atom. The van der Waals surface area contributed by atoms with Crippen LogP contribution in [-0.4, -0.2) is 31.5 Å². The van der Waals surface area contributed by atoms with Crippen molar-refractivity contribution in [3.8, 4) is 11.5 Å². The zero-order valence-corrected chi connectivity index (χ0v) is 9.77. The third kappa shape index (κ3) is 3.40. The van der Waals surface area contributed by atoms with Crippen molar-refractivity contribution in [3.63, 3.8) is 0 Å². The Hall–Kier alpha value is -1.26. The highest BCUT2D eigenvalue weighted by molar-refractivity contribution is 5.43. The van der Waals surface area contributed by atoms with Gasteiger partial charge in [-0.15, -0.1) is 0 Å². The van der Waals surface area contributed by atoms with Crippen molar-refractivity contribution < 1.29 is 14.6 Å². The van der Waals surface area contributed by atoms with Crippen LogP contribution in [0.25, 0.3) is 0 Å². The van der Waals surface area contributed by atoms with Crippen LogP contribution in [0.3, 0.4) is 0 Å². The largest absolute Gasteiger partial charge is 0.493 e. The number of aliphatic hydroxyl groups excluding tert-OH is 1. The van der Waals surface area contributed by atoms with Crippen molar-refractivity contribution in [2.75, 3.05) is 20.3 Å². The van der Waals surface area contributed by atoms with Gasteiger partial charge >= 0.3 is 0 Å². The van der Waals surface area contributed by atoms with Crippen molar-refractivity contribution in [1.29, 1.82) is 0 Å². The third-order valence-corrected chi connectivity index (χ3v) is 2.27. The molecule has 90 valence electrons. The van der Waals surface area contributed by atoms with Gasteiger partial charge in [0.05, 0.1) is 19.8 Å². The molecule has 0 spiro atoms. The summed E-state index contributed by atoms with van der Waals surface area (Å²) >= 11 is 0. The molecule has 0 aliphatic heterocycles. The number of ether oxygens (including phenoxy) is 2. The van der Waals surface area contributed by atoms with Crippen molar-refractivity contribution in [2.24, 2.45) is 5.73 Å². The fourth-order valence-corrected chi connectivity index (χ4v) is 1.47. The summed E-state index contributed by atoms with van der Waals surface area (Å²) in [6.07, 6.45) is 0.0171. The smallest absolute Gasteiger partial charge is 0.161 e. The lowest BCUT2D eigenvalue weighted by Gasteiger charge is -2.12. The molecule has 0 aliphatic rings. The molecule has 1 rings (SSSR count). The fraction of sp³-hybridized carbons (Fsp3) is 0.500. The quantitative estimate of drug-likeness (QED) is 0.756. The predicted octanol–water partition coefficient (Wildman–Crippen LogP) is 0.956. The second kappa shape index (κ2) is 6.35. The molecule has 1 aromatic rings. The molecule has 4 heteroatoms. The van der Waals surface area contributed by atoms with Crippen LogP contribution in [0.4, 0.5) is 0 Å². The van der Waals surface area contributed by atoms with E-state index < -0.39 is 6.10 Å². The van der Waals surface area contributed by atoms with Crippen molar-refractivity contribution >= 4 is 0 Å². The van der Waals surface area contributed by atoms with E-state index in [4.69, 9.17) is 15.2 Å². The maximum Gasteiger partial charge on any atom is 0.161 e. The van der Waals surface area contributed by atoms with Crippen molar-refractivity contribution in [3.05, 3.63) is 23.8 Å². The van der Waals surface area contributed by atoms with Crippen molar-refractivity contribution in [2.45, 2.75) is 19.4 Å². The van der Waals surface area contributed by atoms with E-state index in [0.29, 0.717) is 24.5 Å². The van der Waals surface area contributed by atoms with Gasteiger partial charge < -0.3 is 20.3 Å². The maximum atomic E-state index is 9.46. The topological polar surface area (TPSA) is 64.7 Å². The molecular formula is C12H19NO3. The van der Waals surface area contributed by atoms with Crippen LogP contribution in [0, 0.1) is 0 Å². The summed E-state index contributed by atoms with van der Waals surface area (Å²) in [5.74, 6) is 1.40.